The molecule has 0 heterocycles. The number of rotatable bonds is 5. The molecule has 2 rings (SSSR count). The largest absolute Gasteiger partial charge is 0.461 e. The number of carbonyl (C=O) groups is 1. The highest BCUT2D eigenvalue weighted by Gasteiger charge is 2.17. The molecule has 1 saturated carbocycles. The Morgan fingerprint density at radius 3 is 2.52 bits per heavy atom. The van der Waals surface area contributed by atoms with Crippen LogP contribution >= 0.6 is 0 Å². The van der Waals surface area contributed by atoms with Crippen molar-refractivity contribution >= 4 is 5.97 Å². The Kier molecular flexibility index (Phi) is 5.65. The first-order valence-corrected chi connectivity index (χ1v) is 7.36. The summed E-state index contributed by atoms with van der Waals surface area (Å²) in [6.07, 6.45) is 7.03. The average Bonchev–Trinajstić information content (AvgIpc) is 2.51. The van der Waals surface area contributed by atoms with Crippen LogP contribution in [0.3, 0.4) is 0 Å². The van der Waals surface area contributed by atoms with E-state index in [9.17, 15) is 18.0 Å². The summed E-state index contributed by atoms with van der Waals surface area (Å²) in [5.41, 5.74) is -0.153. The van der Waals surface area contributed by atoms with Gasteiger partial charge in [-0.2, -0.15) is 0 Å². The van der Waals surface area contributed by atoms with Crippen molar-refractivity contribution in [1.82, 2.24) is 0 Å². The van der Waals surface area contributed by atoms with Crippen LogP contribution in [0, 0.1) is 23.4 Å². The van der Waals surface area contributed by atoms with Gasteiger partial charge < -0.3 is 4.74 Å². The topological polar surface area (TPSA) is 26.3 Å². The van der Waals surface area contributed by atoms with Gasteiger partial charge in [-0.3, -0.25) is 4.79 Å². The lowest BCUT2D eigenvalue weighted by Gasteiger charge is -2.20. The molecule has 0 bridgehead atoms. The third-order valence-corrected chi connectivity index (χ3v) is 3.99. The van der Waals surface area contributed by atoms with Crippen molar-refractivity contribution in [3.8, 4) is 0 Å². The van der Waals surface area contributed by atoms with Gasteiger partial charge in [-0.1, -0.05) is 32.1 Å². The molecule has 5 heteroatoms. The van der Waals surface area contributed by atoms with Gasteiger partial charge >= 0.3 is 5.97 Å². The quantitative estimate of drug-likeness (QED) is 0.591. The summed E-state index contributed by atoms with van der Waals surface area (Å²) in [6.45, 7) is -0.369. The van der Waals surface area contributed by atoms with Crippen molar-refractivity contribution in [2.45, 2.75) is 51.6 Å². The number of halogens is 3. The zero-order valence-corrected chi connectivity index (χ0v) is 11.8. The van der Waals surface area contributed by atoms with Crippen LogP contribution in [0.1, 0.15) is 50.5 Å². The second kappa shape index (κ2) is 7.48. The van der Waals surface area contributed by atoms with Crippen molar-refractivity contribution in [3.63, 3.8) is 0 Å². The summed E-state index contributed by atoms with van der Waals surface area (Å²) in [4.78, 5) is 11.6. The molecule has 1 fully saturated rings. The number of carbonyl (C=O) groups excluding carboxylic acids is 1. The van der Waals surface area contributed by atoms with Crippen molar-refractivity contribution in [3.05, 3.63) is 35.1 Å². The van der Waals surface area contributed by atoms with Crippen molar-refractivity contribution in [2.75, 3.05) is 0 Å². The highest BCUT2D eigenvalue weighted by atomic mass is 19.2. The van der Waals surface area contributed by atoms with E-state index < -0.39 is 23.4 Å². The van der Waals surface area contributed by atoms with Crippen LogP contribution in [-0.4, -0.2) is 5.97 Å². The number of hydrogen-bond acceptors (Lipinski definition) is 2. The van der Waals surface area contributed by atoms with Crippen LogP contribution in [0.2, 0.25) is 0 Å². The molecule has 0 atom stereocenters. The Morgan fingerprint density at radius 1 is 1.10 bits per heavy atom. The van der Waals surface area contributed by atoms with Gasteiger partial charge in [0.05, 0.1) is 0 Å². The predicted octanol–water partition coefficient (Wildman–Crippen LogP) is 4.51. The first-order valence-electron chi connectivity index (χ1n) is 7.36. The van der Waals surface area contributed by atoms with E-state index in [0.717, 1.165) is 31.4 Å². The van der Waals surface area contributed by atoms with Crippen LogP contribution in [0.15, 0.2) is 12.1 Å². The minimum Gasteiger partial charge on any atom is -0.461 e. The minimum absolute atomic E-state index is 0.153. The first-order chi connectivity index (χ1) is 10.1. The Labute approximate surface area is 122 Å². The molecular formula is C16H19F3O2. The number of esters is 1. The highest BCUT2D eigenvalue weighted by molar-refractivity contribution is 5.69. The Morgan fingerprint density at radius 2 is 1.81 bits per heavy atom. The standard InChI is InChI=1S/C16H19F3O2/c17-13-8-7-12(15(18)16(13)19)10-21-14(20)9-6-11-4-2-1-3-5-11/h7-8,11H,1-6,9-10H2. The maximum absolute atomic E-state index is 13.4. The summed E-state index contributed by atoms with van der Waals surface area (Å²) >= 11 is 0. The van der Waals surface area contributed by atoms with Crippen LogP contribution in [0.4, 0.5) is 13.2 Å². The van der Waals surface area contributed by atoms with Gasteiger partial charge in [-0.25, -0.2) is 13.2 Å². The van der Waals surface area contributed by atoms with Crippen molar-refractivity contribution in [1.29, 1.82) is 0 Å². The molecule has 0 spiro atoms. The molecule has 1 aromatic carbocycles. The van der Waals surface area contributed by atoms with E-state index in [1.165, 1.54) is 19.3 Å². The van der Waals surface area contributed by atoms with Crippen LogP contribution in [0.25, 0.3) is 0 Å². The Balaban J connectivity index is 1.77. The fourth-order valence-corrected chi connectivity index (χ4v) is 2.71. The molecule has 2 nitrogen and oxygen atoms in total. The van der Waals surface area contributed by atoms with Crippen molar-refractivity contribution in [2.24, 2.45) is 5.92 Å². The summed E-state index contributed by atoms with van der Waals surface area (Å²) in [5.74, 6) is -3.95. The Hall–Kier alpha value is -1.52. The fourth-order valence-electron chi connectivity index (χ4n) is 2.71. The van der Waals surface area contributed by atoms with E-state index in [1.807, 2.05) is 0 Å². The van der Waals surface area contributed by atoms with Gasteiger partial charge in [0, 0.05) is 12.0 Å². The maximum Gasteiger partial charge on any atom is 0.306 e. The highest BCUT2D eigenvalue weighted by Crippen LogP contribution is 2.27. The van der Waals surface area contributed by atoms with Gasteiger partial charge in [0.2, 0.25) is 0 Å². The second-order valence-corrected chi connectivity index (χ2v) is 5.54. The molecule has 0 aliphatic heterocycles. The third-order valence-electron chi connectivity index (χ3n) is 3.99. The average molecular weight is 300 g/mol. The molecule has 116 valence electrons. The third kappa shape index (κ3) is 4.48. The molecule has 0 aromatic heterocycles. The lowest BCUT2D eigenvalue weighted by Crippen LogP contribution is -2.11. The monoisotopic (exact) mass is 300 g/mol. The van der Waals surface area contributed by atoms with Gasteiger partial charge in [0.15, 0.2) is 17.5 Å². The molecular weight excluding hydrogens is 281 g/mol. The second-order valence-electron chi connectivity index (χ2n) is 5.54. The van der Waals surface area contributed by atoms with Gasteiger partial charge in [0.1, 0.15) is 6.61 Å². The zero-order valence-electron chi connectivity index (χ0n) is 11.8. The van der Waals surface area contributed by atoms with Crippen LogP contribution in [-0.2, 0) is 16.1 Å². The predicted molar refractivity (Wildman–Crippen MR) is 71.9 cm³/mol. The van der Waals surface area contributed by atoms with E-state index in [-0.39, 0.29) is 18.6 Å². The lowest BCUT2D eigenvalue weighted by molar-refractivity contribution is -0.145. The zero-order chi connectivity index (χ0) is 15.2. The van der Waals surface area contributed by atoms with E-state index in [2.05, 4.69) is 0 Å². The fraction of sp³-hybridized carbons (Fsp3) is 0.562. The molecule has 1 aliphatic rings. The molecule has 21 heavy (non-hydrogen) atoms. The molecule has 0 N–H and O–H groups in total. The van der Waals surface area contributed by atoms with E-state index in [1.54, 1.807) is 0 Å². The van der Waals surface area contributed by atoms with Gasteiger partial charge in [-0.05, 0) is 24.5 Å². The summed E-state index contributed by atoms with van der Waals surface area (Å²) in [5, 5.41) is 0. The summed E-state index contributed by atoms with van der Waals surface area (Å²) < 4.78 is 44.1. The Bertz CT molecular complexity index is 497. The smallest absolute Gasteiger partial charge is 0.306 e. The van der Waals surface area contributed by atoms with E-state index in [4.69, 9.17) is 4.74 Å². The van der Waals surface area contributed by atoms with E-state index >= 15 is 0 Å². The molecule has 0 amide bonds. The maximum atomic E-state index is 13.4. The van der Waals surface area contributed by atoms with Gasteiger partial charge in [0.25, 0.3) is 0 Å². The number of benzene rings is 1. The van der Waals surface area contributed by atoms with Crippen LogP contribution in [0.5, 0.6) is 0 Å². The van der Waals surface area contributed by atoms with Crippen molar-refractivity contribution < 1.29 is 22.7 Å². The lowest BCUT2D eigenvalue weighted by atomic mass is 9.86. The molecule has 1 aromatic rings. The summed E-state index contributed by atoms with van der Waals surface area (Å²) in [7, 11) is 0. The normalized spacial score (nSPS) is 16.0. The number of ether oxygens (including phenoxy) is 1. The van der Waals surface area contributed by atoms with Gasteiger partial charge in [-0.15, -0.1) is 0 Å². The molecule has 0 saturated heterocycles. The molecule has 0 unspecified atom stereocenters. The minimum atomic E-state index is -1.54. The molecule has 1 aliphatic carbocycles. The summed E-state index contributed by atoms with van der Waals surface area (Å²) in [6, 6.07) is 1.91. The van der Waals surface area contributed by atoms with Crippen LogP contribution < -0.4 is 0 Å². The molecule has 0 radical (unpaired) electrons. The number of hydrogen-bond donors (Lipinski definition) is 0. The SMILES string of the molecule is O=C(CCC1CCCCC1)OCc1ccc(F)c(F)c1F. The van der Waals surface area contributed by atoms with E-state index in [0.29, 0.717) is 5.92 Å². The first kappa shape index (κ1) is 15.9.